The van der Waals surface area contributed by atoms with Gasteiger partial charge in [0, 0.05) is 3.92 Å². The quantitative estimate of drug-likeness (QED) is 0.398. The van der Waals surface area contributed by atoms with E-state index in [2.05, 4.69) is 28.7 Å². The van der Waals surface area contributed by atoms with E-state index in [-0.39, 0.29) is 5.82 Å². The first-order valence-corrected chi connectivity index (χ1v) is 9.78. The van der Waals surface area contributed by atoms with Crippen molar-refractivity contribution >= 4 is 22.6 Å². The molecule has 0 nitrogen and oxygen atoms in total. The van der Waals surface area contributed by atoms with Gasteiger partial charge < -0.3 is 0 Å². The fourth-order valence-electron chi connectivity index (χ4n) is 4.34. The van der Waals surface area contributed by atoms with Gasteiger partial charge in [0.25, 0.3) is 0 Å². The molecular weight excluding hydrogens is 374 g/mol. The number of benzene rings is 1. The Labute approximate surface area is 142 Å². The lowest BCUT2D eigenvalue weighted by atomic mass is 9.70. The van der Waals surface area contributed by atoms with Crippen molar-refractivity contribution < 1.29 is 4.39 Å². The maximum Gasteiger partial charge on any atom is 0.126 e. The van der Waals surface area contributed by atoms with Crippen molar-refractivity contribution in [2.75, 3.05) is 0 Å². The van der Waals surface area contributed by atoms with Crippen LogP contribution in [0.3, 0.4) is 0 Å². The SMILES string of the molecule is Cc1ccc(C2CCC(C3CCC(I)CC3)CC2)cc1F. The summed E-state index contributed by atoms with van der Waals surface area (Å²) in [5.41, 5.74) is 2.00. The first kappa shape index (κ1) is 15.8. The lowest BCUT2D eigenvalue weighted by Crippen LogP contribution is -2.25. The fraction of sp³-hybridized carbons (Fsp3) is 0.684. The van der Waals surface area contributed by atoms with Crippen molar-refractivity contribution in [3.63, 3.8) is 0 Å². The Kier molecular flexibility index (Phi) is 5.23. The summed E-state index contributed by atoms with van der Waals surface area (Å²) in [6, 6.07) is 5.87. The molecule has 2 fully saturated rings. The second kappa shape index (κ2) is 6.97. The molecule has 0 spiro atoms. The summed E-state index contributed by atoms with van der Waals surface area (Å²) in [4.78, 5) is 0. The Hall–Kier alpha value is -0.120. The molecule has 3 rings (SSSR count). The second-order valence-corrected chi connectivity index (χ2v) is 8.89. The smallest absolute Gasteiger partial charge is 0.126 e. The third-order valence-corrected chi connectivity index (χ3v) is 7.05. The van der Waals surface area contributed by atoms with Gasteiger partial charge in [0.05, 0.1) is 0 Å². The Morgan fingerprint density at radius 3 is 2.05 bits per heavy atom. The average molecular weight is 400 g/mol. The molecule has 0 aromatic heterocycles. The Balaban J connectivity index is 1.56. The highest BCUT2D eigenvalue weighted by atomic mass is 127. The van der Waals surface area contributed by atoms with E-state index in [1.807, 2.05) is 13.0 Å². The molecular formula is C19H26FI. The van der Waals surface area contributed by atoms with Crippen LogP contribution in [0.1, 0.15) is 68.4 Å². The van der Waals surface area contributed by atoms with Gasteiger partial charge in [-0.15, -0.1) is 0 Å². The van der Waals surface area contributed by atoms with Crippen LogP contribution >= 0.6 is 22.6 Å². The lowest BCUT2D eigenvalue weighted by molar-refractivity contribution is 0.189. The minimum atomic E-state index is -0.0324. The molecule has 0 radical (unpaired) electrons. The summed E-state index contributed by atoms with van der Waals surface area (Å²) in [5, 5.41) is 0. The number of hydrogen-bond acceptors (Lipinski definition) is 0. The fourth-order valence-corrected chi connectivity index (χ4v) is 5.06. The van der Waals surface area contributed by atoms with E-state index in [0.717, 1.165) is 21.3 Å². The van der Waals surface area contributed by atoms with E-state index in [1.54, 1.807) is 6.07 Å². The molecule has 0 aliphatic heterocycles. The highest BCUT2D eigenvalue weighted by Gasteiger charge is 2.30. The zero-order chi connectivity index (χ0) is 14.8. The van der Waals surface area contributed by atoms with Crippen LogP contribution in [-0.4, -0.2) is 3.92 Å². The number of halogens is 2. The van der Waals surface area contributed by atoms with E-state index in [9.17, 15) is 4.39 Å². The van der Waals surface area contributed by atoms with Gasteiger partial charge in [0.2, 0.25) is 0 Å². The van der Waals surface area contributed by atoms with Crippen molar-refractivity contribution in [2.24, 2.45) is 11.8 Å². The summed E-state index contributed by atoms with van der Waals surface area (Å²) in [7, 11) is 0. The van der Waals surface area contributed by atoms with Crippen LogP contribution in [0.25, 0.3) is 0 Å². The maximum atomic E-state index is 13.7. The Morgan fingerprint density at radius 1 is 0.905 bits per heavy atom. The topological polar surface area (TPSA) is 0 Å². The molecule has 2 aliphatic rings. The van der Waals surface area contributed by atoms with Gasteiger partial charge in [-0.25, -0.2) is 4.39 Å². The van der Waals surface area contributed by atoms with Crippen molar-refractivity contribution in [2.45, 2.75) is 68.1 Å². The van der Waals surface area contributed by atoms with Crippen LogP contribution in [0.4, 0.5) is 4.39 Å². The summed E-state index contributed by atoms with van der Waals surface area (Å²) in [5.74, 6) is 2.49. The van der Waals surface area contributed by atoms with E-state index >= 15 is 0 Å². The van der Waals surface area contributed by atoms with Gasteiger partial charge in [-0.1, -0.05) is 34.7 Å². The molecule has 0 unspecified atom stereocenters. The van der Waals surface area contributed by atoms with Crippen molar-refractivity contribution in [3.05, 3.63) is 35.1 Å². The summed E-state index contributed by atoms with van der Waals surface area (Å²) in [6.45, 7) is 1.85. The molecule has 116 valence electrons. The third-order valence-electron chi connectivity index (χ3n) is 5.81. The van der Waals surface area contributed by atoms with Gasteiger partial charge >= 0.3 is 0 Å². The second-order valence-electron chi connectivity index (χ2n) is 7.13. The number of alkyl halides is 1. The first-order chi connectivity index (χ1) is 10.1. The maximum absolute atomic E-state index is 13.7. The zero-order valence-electron chi connectivity index (χ0n) is 13.0. The predicted molar refractivity (Wildman–Crippen MR) is 95.6 cm³/mol. The van der Waals surface area contributed by atoms with E-state index in [1.165, 1.54) is 56.9 Å². The largest absolute Gasteiger partial charge is 0.207 e. The molecule has 2 saturated carbocycles. The highest BCUT2D eigenvalue weighted by molar-refractivity contribution is 14.1. The van der Waals surface area contributed by atoms with E-state index in [0.29, 0.717) is 5.92 Å². The summed E-state index contributed by atoms with van der Waals surface area (Å²) in [6.07, 6.45) is 11.0. The predicted octanol–water partition coefficient (Wildman–Crippen LogP) is 6.40. The molecule has 0 N–H and O–H groups in total. The van der Waals surface area contributed by atoms with E-state index < -0.39 is 0 Å². The normalized spacial score (nSPS) is 33.9. The average Bonchev–Trinajstić information content (AvgIpc) is 2.51. The van der Waals surface area contributed by atoms with Gasteiger partial charge in [-0.3, -0.25) is 0 Å². The van der Waals surface area contributed by atoms with Crippen molar-refractivity contribution in [1.82, 2.24) is 0 Å². The zero-order valence-corrected chi connectivity index (χ0v) is 15.1. The van der Waals surface area contributed by atoms with E-state index in [4.69, 9.17) is 0 Å². The molecule has 2 aliphatic carbocycles. The summed E-state index contributed by atoms with van der Waals surface area (Å²) >= 11 is 2.62. The number of rotatable bonds is 2. The van der Waals surface area contributed by atoms with Crippen LogP contribution in [0.5, 0.6) is 0 Å². The molecule has 21 heavy (non-hydrogen) atoms. The van der Waals surface area contributed by atoms with Gasteiger partial charge in [-0.2, -0.15) is 0 Å². The third kappa shape index (κ3) is 3.80. The standard InChI is InChI=1S/C19H26FI/c1-13-2-3-17(12-19(13)20)16-6-4-14(5-7-16)15-8-10-18(21)11-9-15/h2-3,12,14-16,18H,4-11H2,1H3. The van der Waals surface area contributed by atoms with Gasteiger partial charge in [-0.05, 0) is 93.2 Å². The molecule has 0 heterocycles. The molecule has 2 heteroatoms. The van der Waals surface area contributed by atoms with Crippen LogP contribution in [0.15, 0.2) is 18.2 Å². The van der Waals surface area contributed by atoms with Gasteiger partial charge in [0.1, 0.15) is 5.82 Å². The molecule has 1 aromatic rings. The Bertz CT molecular complexity index is 468. The molecule has 0 amide bonds. The molecule has 0 bridgehead atoms. The van der Waals surface area contributed by atoms with Crippen LogP contribution in [0.2, 0.25) is 0 Å². The summed E-state index contributed by atoms with van der Waals surface area (Å²) < 4.78 is 14.7. The minimum Gasteiger partial charge on any atom is -0.207 e. The first-order valence-electron chi connectivity index (χ1n) is 8.53. The van der Waals surface area contributed by atoms with Gasteiger partial charge in [0.15, 0.2) is 0 Å². The molecule has 0 atom stereocenters. The molecule has 1 aromatic carbocycles. The van der Waals surface area contributed by atoms with Crippen molar-refractivity contribution in [3.8, 4) is 0 Å². The molecule has 0 saturated heterocycles. The monoisotopic (exact) mass is 400 g/mol. The Morgan fingerprint density at radius 2 is 1.48 bits per heavy atom. The van der Waals surface area contributed by atoms with Crippen LogP contribution in [0, 0.1) is 24.6 Å². The lowest BCUT2D eigenvalue weighted by Gasteiger charge is -2.37. The minimum absolute atomic E-state index is 0.0324. The highest BCUT2D eigenvalue weighted by Crippen LogP contribution is 2.43. The van der Waals surface area contributed by atoms with Crippen LogP contribution in [-0.2, 0) is 0 Å². The van der Waals surface area contributed by atoms with Crippen molar-refractivity contribution in [1.29, 1.82) is 0 Å². The van der Waals surface area contributed by atoms with Crippen LogP contribution < -0.4 is 0 Å². The number of hydrogen-bond donors (Lipinski definition) is 0. The number of aryl methyl sites for hydroxylation is 1.